The van der Waals surface area contributed by atoms with Crippen molar-refractivity contribution in [3.63, 3.8) is 0 Å². The van der Waals surface area contributed by atoms with E-state index >= 15 is 0 Å². The van der Waals surface area contributed by atoms with Crippen molar-refractivity contribution in [2.75, 3.05) is 0 Å². The van der Waals surface area contributed by atoms with E-state index in [1.807, 2.05) is 61.5 Å². The molecule has 2 N–H and O–H groups in total. The Hall–Kier alpha value is -2.59. The van der Waals surface area contributed by atoms with Crippen molar-refractivity contribution in [2.45, 2.75) is 13.0 Å². The van der Waals surface area contributed by atoms with Crippen LogP contribution in [0.3, 0.4) is 0 Å². The van der Waals surface area contributed by atoms with Crippen LogP contribution >= 0.6 is 11.6 Å². The molecule has 4 nitrogen and oxygen atoms in total. The van der Waals surface area contributed by atoms with Crippen LogP contribution in [0.4, 0.5) is 0 Å². The topological polar surface area (TPSA) is 57.8 Å². The molecule has 3 rings (SSSR count). The monoisotopic (exact) mass is 325 g/mol. The Morgan fingerprint density at radius 3 is 2.52 bits per heavy atom. The van der Waals surface area contributed by atoms with E-state index < -0.39 is 0 Å². The van der Waals surface area contributed by atoms with Gasteiger partial charge in [-0.2, -0.15) is 5.10 Å². The predicted octanol–water partition coefficient (Wildman–Crippen LogP) is 4.22. The smallest absolute Gasteiger partial charge is 0.269 e. The Labute approximate surface area is 139 Å². The van der Waals surface area contributed by atoms with Gasteiger partial charge in [-0.1, -0.05) is 54.1 Å². The van der Waals surface area contributed by atoms with Crippen molar-refractivity contribution < 1.29 is 4.79 Å². The minimum Gasteiger partial charge on any atom is -0.344 e. The van der Waals surface area contributed by atoms with Gasteiger partial charge in [-0.3, -0.25) is 9.89 Å². The Balaban J connectivity index is 1.71. The molecule has 0 aliphatic rings. The first-order chi connectivity index (χ1) is 11.1. The van der Waals surface area contributed by atoms with Crippen molar-refractivity contribution >= 4 is 17.5 Å². The Bertz CT molecular complexity index is 797. The summed E-state index contributed by atoms with van der Waals surface area (Å²) >= 11 is 5.88. The summed E-state index contributed by atoms with van der Waals surface area (Å²) in [7, 11) is 0. The summed E-state index contributed by atoms with van der Waals surface area (Å²) in [6.45, 7) is 1.93. The van der Waals surface area contributed by atoms with Crippen LogP contribution in [0, 0.1) is 0 Å². The van der Waals surface area contributed by atoms with Crippen LogP contribution in [-0.2, 0) is 0 Å². The average molecular weight is 326 g/mol. The van der Waals surface area contributed by atoms with Crippen LogP contribution in [0.15, 0.2) is 60.7 Å². The van der Waals surface area contributed by atoms with Gasteiger partial charge in [0.15, 0.2) is 0 Å². The molecule has 0 aliphatic carbocycles. The van der Waals surface area contributed by atoms with Crippen LogP contribution in [0.25, 0.3) is 11.3 Å². The first kappa shape index (κ1) is 15.3. The van der Waals surface area contributed by atoms with E-state index in [0.29, 0.717) is 10.7 Å². The summed E-state index contributed by atoms with van der Waals surface area (Å²) in [6, 6.07) is 18.8. The molecular weight excluding hydrogens is 310 g/mol. The molecule has 1 atom stereocenters. The van der Waals surface area contributed by atoms with Crippen LogP contribution in [-0.4, -0.2) is 16.1 Å². The summed E-state index contributed by atoms with van der Waals surface area (Å²) in [5.74, 6) is -0.192. The fraction of sp³-hybridized carbons (Fsp3) is 0.111. The van der Waals surface area contributed by atoms with Crippen LogP contribution in [0.5, 0.6) is 0 Å². The second-order valence-corrected chi connectivity index (χ2v) is 5.72. The van der Waals surface area contributed by atoms with E-state index in [0.717, 1.165) is 16.8 Å². The number of carbonyl (C=O) groups excluding carboxylic acids is 1. The van der Waals surface area contributed by atoms with E-state index in [1.165, 1.54) is 0 Å². The lowest BCUT2D eigenvalue weighted by molar-refractivity contribution is 0.0935. The van der Waals surface area contributed by atoms with E-state index in [-0.39, 0.29) is 11.9 Å². The van der Waals surface area contributed by atoms with E-state index in [9.17, 15) is 4.79 Å². The van der Waals surface area contributed by atoms with E-state index in [4.69, 9.17) is 11.6 Å². The molecule has 3 aromatic rings. The largest absolute Gasteiger partial charge is 0.344 e. The Morgan fingerprint density at radius 1 is 1.13 bits per heavy atom. The molecule has 116 valence electrons. The molecular formula is C18H16ClN3O. The molecule has 0 saturated carbocycles. The van der Waals surface area contributed by atoms with Gasteiger partial charge in [0.25, 0.3) is 5.91 Å². The van der Waals surface area contributed by atoms with Crippen LogP contribution < -0.4 is 5.32 Å². The summed E-state index contributed by atoms with van der Waals surface area (Å²) in [5, 5.41) is 10.6. The number of carbonyl (C=O) groups is 1. The quantitative estimate of drug-likeness (QED) is 0.754. The van der Waals surface area contributed by atoms with Gasteiger partial charge in [0.1, 0.15) is 5.69 Å². The average Bonchev–Trinajstić information content (AvgIpc) is 3.06. The van der Waals surface area contributed by atoms with Gasteiger partial charge in [0.05, 0.1) is 11.7 Å². The van der Waals surface area contributed by atoms with Gasteiger partial charge in [0, 0.05) is 10.6 Å². The zero-order chi connectivity index (χ0) is 16.2. The zero-order valence-electron chi connectivity index (χ0n) is 12.6. The fourth-order valence-corrected chi connectivity index (χ4v) is 2.43. The van der Waals surface area contributed by atoms with Gasteiger partial charge in [0.2, 0.25) is 0 Å². The standard InChI is InChI=1S/C18H16ClN3O/c1-12(13-7-9-15(19)10-8-13)20-18(23)17-11-16(21-22-17)14-5-3-2-4-6-14/h2-12H,1H3,(H,20,23)(H,21,22). The van der Waals surface area contributed by atoms with E-state index in [2.05, 4.69) is 15.5 Å². The molecule has 0 bridgehead atoms. The molecule has 0 fully saturated rings. The van der Waals surface area contributed by atoms with Gasteiger partial charge in [-0.25, -0.2) is 0 Å². The minimum atomic E-state index is -0.192. The molecule has 1 heterocycles. The predicted molar refractivity (Wildman–Crippen MR) is 91.4 cm³/mol. The minimum absolute atomic E-state index is 0.122. The zero-order valence-corrected chi connectivity index (χ0v) is 13.3. The maximum Gasteiger partial charge on any atom is 0.269 e. The highest BCUT2D eigenvalue weighted by atomic mass is 35.5. The van der Waals surface area contributed by atoms with Crippen molar-refractivity contribution in [1.82, 2.24) is 15.5 Å². The molecule has 0 radical (unpaired) electrons. The molecule has 0 spiro atoms. The lowest BCUT2D eigenvalue weighted by Crippen LogP contribution is -2.26. The number of amides is 1. The molecule has 5 heteroatoms. The summed E-state index contributed by atoms with van der Waals surface area (Å²) in [4.78, 5) is 12.3. The number of halogens is 1. The molecule has 23 heavy (non-hydrogen) atoms. The van der Waals surface area contributed by atoms with Crippen molar-refractivity contribution in [3.05, 3.63) is 76.9 Å². The second kappa shape index (κ2) is 6.67. The Kier molecular flexibility index (Phi) is 4.44. The van der Waals surface area contributed by atoms with Crippen molar-refractivity contribution in [2.24, 2.45) is 0 Å². The Morgan fingerprint density at radius 2 is 1.83 bits per heavy atom. The highest BCUT2D eigenvalue weighted by Gasteiger charge is 2.14. The second-order valence-electron chi connectivity index (χ2n) is 5.28. The first-order valence-electron chi connectivity index (χ1n) is 7.30. The molecule has 1 aromatic heterocycles. The molecule has 2 aromatic carbocycles. The van der Waals surface area contributed by atoms with E-state index in [1.54, 1.807) is 6.07 Å². The number of benzene rings is 2. The lowest BCUT2D eigenvalue weighted by atomic mass is 10.1. The molecule has 1 unspecified atom stereocenters. The van der Waals surface area contributed by atoms with Gasteiger partial charge < -0.3 is 5.32 Å². The number of hydrogen-bond donors (Lipinski definition) is 2. The van der Waals surface area contributed by atoms with Crippen molar-refractivity contribution in [3.8, 4) is 11.3 Å². The van der Waals surface area contributed by atoms with Gasteiger partial charge >= 0.3 is 0 Å². The highest BCUT2D eigenvalue weighted by molar-refractivity contribution is 6.30. The van der Waals surface area contributed by atoms with Crippen LogP contribution in [0.2, 0.25) is 5.02 Å². The summed E-state index contributed by atoms with van der Waals surface area (Å²) in [5.41, 5.74) is 3.14. The fourth-order valence-electron chi connectivity index (χ4n) is 2.30. The third-order valence-corrected chi connectivity index (χ3v) is 3.86. The number of H-pyrrole nitrogens is 1. The lowest BCUT2D eigenvalue weighted by Gasteiger charge is -2.13. The third-order valence-electron chi connectivity index (χ3n) is 3.61. The molecule has 0 saturated heterocycles. The van der Waals surface area contributed by atoms with Crippen LogP contribution in [0.1, 0.15) is 29.0 Å². The maximum atomic E-state index is 12.3. The number of nitrogens with zero attached hydrogens (tertiary/aromatic N) is 1. The number of aromatic nitrogens is 2. The number of aromatic amines is 1. The normalized spacial score (nSPS) is 11.9. The summed E-state index contributed by atoms with van der Waals surface area (Å²) in [6.07, 6.45) is 0. The third kappa shape index (κ3) is 3.60. The number of nitrogens with one attached hydrogen (secondary N) is 2. The van der Waals surface area contributed by atoms with Gasteiger partial charge in [-0.15, -0.1) is 0 Å². The van der Waals surface area contributed by atoms with Crippen molar-refractivity contribution in [1.29, 1.82) is 0 Å². The number of hydrogen-bond acceptors (Lipinski definition) is 2. The first-order valence-corrected chi connectivity index (χ1v) is 7.68. The summed E-state index contributed by atoms with van der Waals surface area (Å²) < 4.78 is 0. The van der Waals surface area contributed by atoms with Gasteiger partial charge in [-0.05, 0) is 30.7 Å². The highest BCUT2D eigenvalue weighted by Crippen LogP contribution is 2.19. The SMILES string of the molecule is CC(NC(=O)c1cc(-c2ccccc2)n[nH]1)c1ccc(Cl)cc1. The molecule has 1 amide bonds. The molecule has 0 aliphatic heterocycles. The maximum absolute atomic E-state index is 12.3. The number of rotatable bonds is 4.